The molecule has 0 saturated carbocycles. The number of nitrogens with zero attached hydrogens (tertiary/aromatic N) is 1. The number of rotatable bonds is 6. The number of hydrogen-bond donors (Lipinski definition) is 2. The molecule has 1 fully saturated rings. The standard InChI is InChI=1S/C24H21N3O6/c28-22(14-33-18-7-5-15-3-1-2-4-16(15)11-18)26-25-19-13-23(29)27(24(19)30)17-6-8-20-21(12-17)32-10-9-31-20/h1-8,11-12,19,25H,9-10,13-14H2,(H,26,28). The lowest BCUT2D eigenvalue weighted by molar-refractivity contribution is -0.125. The van der Waals surface area contributed by atoms with Crippen LogP contribution in [-0.2, 0) is 14.4 Å². The Bertz CT molecular complexity index is 1240. The van der Waals surface area contributed by atoms with Gasteiger partial charge >= 0.3 is 0 Å². The van der Waals surface area contributed by atoms with Gasteiger partial charge in [-0.3, -0.25) is 19.8 Å². The van der Waals surface area contributed by atoms with Gasteiger partial charge in [-0.2, -0.15) is 0 Å². The van der Waals surface area contributed by atoms with Gasteiger partial charge in [0, 0.05) is 6.07 Å². The first kappa shape index (κ1) is 20.8. The maximum Gasteiger partial charge on any atom is 0.272 e. The summed E-state index contributed by atoms with van der Waals surface area (Å²) in [4.78, 5) is 38.5. The predicted octanol–water partition coefficient (Wildman–Crippen LogP) is 1.94. The molecule has 9 nitrogen and oxygen atoms in total. The average Bonchev–Trinajstić information content (AvgIpc) is 3.13. The largest absolute Gasteiger partial charge is 0.486 e. The van der Waals surface area contributed by atoms with Gasteiger partial charge in [0.05, 0.1) is 12.1 Å². The van der Waals surface area contributed by atoms with Crippen molar-refractivity contribution in [3.8, 4) is 17.2 Å². The summed E-state index contributed by atoms with van der Waals surface area (Å²) >= 11 is 0. The van der Waals surface area contributed by atoms with Crippen LogP contribution in [0.25, 0.3) is 10.8 Å². The van der Waals surface area contributed by atoms with Crippen LogP contribution in [0.5, 0.6) is 17.2 Å². The molecule has 0 aromatic heterocycles. The number of carbonyl (C=O) groups excluding carboxylic acids is 3. The molecule has 2 aliphatic heterocycles. The van der Waals surface area contributed by atoms with Gasteiger partial charge in [0.2, 0.25) is 5.91 Å². The molecule has 3 aromatic carbocycles. The van der Waals surface area contributed by atoms with Crippen LogP contribution in [-0.4, -0.2) is 43.6 Å². The Morgan fingerprint density at radius 1 is 0.970 bits per heavy atom. The van der Waals surface area contributed by atoms with E-state index in [0.29, 0.717) is 36.1 Å². The number of benzene rings is 3. The molecule has 0 spiro atoms. The quantitative estimate of drug-likeness (QED) is 0.439. The molecular weight excluding hydrogens is 426 g/mol. The fourth-order valence-corrected chi connectivity index (χ4v) is 3.80. The number of hydrazine groups is 1. The van der Waals surface area contributed by atoms with Gasteiger partial charge in [-0.1, -0.05) is 30.3 Å². The first-order valence-electron chi connectivity index (χ1n) is 10.5. The third kappa shape index (κ3) is 4.31. The fraction of sp³-hybridized carbons (Fsp3) is 0.208. The van der Waals surface area contributed by atoms with E-state index in [2.05, 4.69) is 10.9 Å². The van der Waals surface area contributed by atoms with E-state index in [4.69, 9.17) is 14.2 Å². The minimum atomic E-state index is -0.879. The summed E-state index contributed by atoms with van der Waals surface area (Å²) in [5.74, 6) is 0.289. The summed E-state index contributed by atoms with van der Waals surface area (Å²) in [5, 5.41) is 2.07. The Kier molecular flexibility index (Phi) is 5.54. The number of imide groups is 1. The summed E-state index contributed by atoms with van der Waals surface area (Å²) in [6.45, 7) is 0.603. The minimum absolute atomic E-state index is 0.0842. The van der Waals surface area contributed by atoms with Crippen LogP contribution in [0.1, 0.15) is 6.42 Å². The molecule has 2 N–H and O–H groups in total. The lowest BCUT2D eigenvalue weighted by Crippen LogP contribution is -2.49. The molecule has 1 saturated heterocycles. The van der Waals surface area contributed by atoms with Crippen molar-refractivity contribution in [2.75, 3.05) is 24.7 Å². The second-order valence-electron chi connectivity index (χ2n) is 7.64. The second-order valence-corrected chi connectivity index (χ2v) is 7.64. The number of carbonyl (C=O) groups is 3. The highest BCUT2D eigenvalue weighted by Crippen LogP contribution is 2.35. The lowest BCUT2D eigenvalue weighted by atomic mass is 10.1. The summed E-state index contributed by atoms with van der Waals surface area (Å²) in [5.41, 5.74) is 5.48. The molecule has 2 heterocycles. The Labute approximate surface area is 189 Å². The van der Waals surface area contributed by atoms with Crippen molar-refractivity contribution < 1.29 is 28.6 Å². The van der Waals surface area contributed by atoms with E-state index in [1.54, 1.807) is 24.3 Å². The van der Waals surface area contributed by atoms with Crippen LogP contribution in [0.3, 0.4) is 0 Å². The van der Waals surface area contributed by atoms with Crippen molar-refractivity contribution in [3.63, 3.8) is 0 Å². The molecule has 0 radical (unpaired) electrons. The van der Waals surface area contributed by atoms with E-state index in [-0.39, 0.29) is 18.9 Å². The van der Waals surface area contributed by atoms with Crippen molar-refractivity contribution in [2.24, 2.45) is 0 Å². The average molecular weight is 447 g/mol. The van der Waals surface area contributed by atoms with E-state index < -0.39 is 17.9 Å². The first-order valence-corrected chi connectivity index (χ1v) is 10.5. The summed E-state index contributed by atoms with van der Waals surface area (Å²) in [7, 11) is 0. The normalized spacial score (nSPS) is 17.3. The van der Waals surface area contributed by atoms with Crippen LogP contribution in [0.4, 0.5) is 5.69 Å². The monoisotopic (exact) mass is 447 g/mol. The highest BCUT2D eigenvalue weighted by molar-refractivity contribution is 6.22. The lowest BCUT2D eigenvalue weighted by Gasteiger charge is -2.21. The zero-order chi connectivity index (χ0) is 22.8. The van der Waals surface area contributed by atoms with Gasteiger partial charge in [-0.15, -0.1) is 0 Å². The second kappa shape index (κ2) is 8.79. The van der Waals surface area contributed by atoms with Crippen LogP contribution in [0.15, 0.2) is 60.7 Å². The maximum atomic E-state index is 12.8. The van der Waals surface area contributed by atoms with Crippen LogP contribution >= 0.6 is 0 Å². The Balaban J connectivity index is 1.16. The van der Waals surface area contributed by atoms with E-state index in [0.717, 1.165) is 15.7 Å². The molecular formula is C24H21N3O6. The predicted molar refractivity (Wildman–Crippen MR) is 119 cm³/mol. The molecule has 9 heteroatoms. The van der Waals surface area contributed by atoms with Crippen LogP contribution < -0.4 is 30.0 Å². The maximum absolute atomic E-state index is 12.8. The highest BCUT2D eigenvalue weighted by atomic mass is 16.6. The zero-order valence-corrected chi connectivity index (χ0v) is 17.6. The SMILES string of the molecule is O=C(COc1ccc2ccccc2c1)NNC1CC(=O)N(c2ccc3c(c2)OCCO3)C1=O. The van der Waals surface area contributed by atoms with Crippen molar-refractivity contribution in [1.82, 2.24) is 10.9 Å². The van der Waals surface area contributed by atoms with E-state index >= 15 is 0 Å². The molecule has 3 aromatic rings. The molecule has 1 atom stereocenters. The highest BCUT2D eigenvalue weighted by Gasteiger charge is 2.40. The van der Waals surface area contributed by atoms with Crippen molar-refractivity contribution in [3.05, 3.63) is 60.7 Å². The number of ether oxygens (including phenoxy) is 3. The Morgan fingerprint density at radius 3 is 2.61 bits per heavy atom. The topological polar surface area (TPSA) is 106 Å². The van der Waals surface area contributed by atoms with Gasteiger partial charge in [-0.25, -0.2) is 10.3 Å². The number of nitrogens with one attached hydrogen (secondary N) is 2. The van der Waals surface area contributed by atoms with Crippen molar-refractivity contribution in [1.29, 1.82) is 0 Å². The third-order valence-corrected chi connectivity index (χ3v) is 5.41. The summed E-state index contributed by atoms with van der Waals surface area (Å²) in [6.07, 6.45) is -0.0842. The van der Waals surface area contributed by atoms with Crippen molar-refractivity contribution >= 4 is 34.2 Å². The number of anilines is 1. The Morgan fingerprint density at radius 2 is 1.76 bits per heavy atom. The zero-order valence-electron chi connectivity index (χ0n) is 17.6. The molecule has 5 rings (SSSR count). The molecule has 0 aliphatic carbocycles. The molecule has 3 amide bonds. The number of fused-ring (bicyclic) bond motifs is 2. The van der Waals surface area contributed by atoms with E-state index in [1.165, 1.54) is 0 Å². The molecule has 2 aliphatic rings. The minimum Gasteiger partial charge on any atom is -0.486 e. The van der Waals surface area contributed by atoms with Gasteiger partial charge in [0.15, 0.2) is 18.1 Å². The van der Waals surface area contributed by atoms with Gasteiger partial charge < -0.3 is 14.2 Å². The van der Waals surface area contributed by atoms with E-state index in [9.17, 15) is 14.4 Å². The van der Waals surface area contributed by atoms with Gasteiger partial charge in [0.1, 0.15) is 25.0 Å². The smallest absolute Gasteiger partial charge is 0.272 e. The molecule has 0 bridgehead atoms. The van der Waals surface area contributed by atoms with Gasteiger partial charge in [0.25, 0.3) is 11.8 Å². The molecule has 1 unspecified atom stereocenters. The third-order valence-electron chi connectivity index (χ3n) is 5.41. The van der Waals surface area contributed by atoms with Gasteiger partial charge in [-0.05, 0) is 35.0 Å². The van der Waals surface area contributed by atoms with Crippen LogP contribution in [0.2, 0.25) is 0 Å². The summed E-state index contributed by atoms with van der Waals surface area (Å²) in [6, 6.07) is 17.4. The fourth-order valence-electron chi connectivity index (χ4n) is 3.80. The van der Waals surface area contributed by atoms with E-state index in [1.807, 2.05) is 36.4 Å². The number of hydrogen-bond acceptors (Lipinski definition) is 7. The molecule has 168 valence electrons. The van der Waals surface area contributed by atoms with Crippen LogP contribution in [0, 0.1) is 0 Å². The summed E-state index contributed by atoms with van der Waals surface area (Å²) < 4.78 is 16.5. The molecule has 33 heavy (non-hydrogen) atoms. The first-order chi connectivity index (χ1) is 16.1. The number of amides is 3. The Hall–Kier alpha value is -4.11. The van der Waals surface area contributed by atoms with Crippen molar-refractivity contribution in [2.45, 2.75) is 12.5 Å².